The van der Waals surface area contributed by atoms with Gasteiger partial charge in [-0.25, -0.2) is 9.78 Å². The number of carbonyl (C=O) groups excluding carboxylic acids is 2. The maximum atomic E-state index is 12.0. The van der Waals surface area contributed by atoms with Crippen LogP contribution in [-0.4, -0.2) is 64.3 Å². The molecule has 17 heteroatoms. The molecule has 2 aromatic carbocycles. The van der Waals surface area contributed by atoms with E-state index in [1.54, 1.807) is 29.2 Å². The van der Waals surface area contributed by atoms with Gasteiger partial charge in [0.1, 0.15) is 13.2 Å². The number of benzene rings is 2. The fourth-order valence-corrected chi connectivity index (χ4v) is 4.69. The Morgan fingerprint density at radius 3 is 2.25 bits per heavy atom. The van der Waals surface area contributed by atoms with E-state index in [1.807, 2.05) is 24.3 Å². The van der Waals surface area contributed by atoms with Gasteiger partial charge in [-0.1, -0.05) is 28.4 Å². The fourth-order valence-electron chi connectivity index (χ4n) is 3.16. The van der Waals surface area contributed by atoms with E-state index in [4.69, 9.17) is 9.47 Å². The number of ether oxygens (including phenoxy) is 2. The number of nitrogens with zero attached hydrogens (tertiary/aromatic N) is 5. The smallest absolute Gasteiger partial charge is 0.463 e. The monoisotopic (exact) mass is 610 g/mol. The first-order valence-electron chi connectivity index (χ1n) is 11.8. The Morgan fingerprint density at radius 2 is 1.65 bits per heavy atom. The number of fused-ring (bicyclic) bond motifs is 1. The van der Waals surface area contributed by atoms with Crippen LogP contribution in [0, 0.1) is 4.91 Å². The summed E-state index contributed by atoms with van der Waals surface area (Å²) >= 11 is 1.40. The number of aromatic nitrogens is 1. The van der Waals surface area contributed by atoms with Crippen molar-refractivity contribution in [3.05, 3.63) is 53.4 Å². The number of carbonyl (C=O) groups is 2. The highest BCUT2D eigenvalue weighted by Gasteiger charge is 2.36. The Labute approximate surface area is 233 Å². The van der Waals surface area contributed by atoms with Crippen molar-refractivity contribution in [2.75, 3.05) is 31.2 Å². The van der Waals surface area contributed by atoms with Crippen molar-refractivity contribution < 1.29 is 38.0 Å². The molecule has 0 spiro atoms. The average Bonchev–Trinajstić information content (AvgIpc) is 3.36. The van der Waals surface area contributed by atoms with Crippen molar-refractivity contribution in [2.45, 2.75) is 25.2 Å². The van der Waals surface area contributed by atoms with E-state index in [1.165, 1.54) is 18.3 Å². The predicted octanol–water partition coefficient (Wildman–Crippen LogP) is 5.07. The number of anilines is 1. The minimum Gasteiger partial charge on any atom is -0.463 e. The molecule has 1 aromatic heterocycles. The third-order valence-corrected chi connectivity index (χ3v) is 8.73. The molecule has 1 heterocycles. The Morgan fingerprint density at radius 1 is 1.02 bits per heavy atom. The van der Waals surface area contributed by atoms with E-state index in [9.17, 15) is 33.4 Å². The first-order chi connectivity index (χ1) is 19.0. The van der Waals surface area contributed by atoms with Crippen molar-refractivity contribution in [2.24, 2.45) is 15.2 Å². The van der Waals surface area contributed by atoms with Crippen LogP contribution in [0.15, 0.2) is 63.7 Å². The molecule has 212 valence electrons. The van der Waals surface area contributed by atoms with Crippen LogP contribution in [0.4, 0.5) is 16.5 Å². The first-order valence-corrected chi connectivity index (χ1v) is 15.6. The van der Waals surface area contributed by atoms with Gasteiger partial charge < -0.3 is 24.2 Å². The molecule has 2 N–H and O–H groups in total. The van der Waals surface area contributed by atoms with E-state index in [-0.39, 0.29) is 26.3 Å². The van der Waals surface area contributed by atoms with E-state index in [0.29, 0.717) is 16.5 Å². The molecule has 0 aliphatic heterocycles. The third kappa shape index (κ3) is 8.77. The van der Waals surface area contributed by atoms with Crippen LogP contribution in [0.1, 0.15) is 13.8 Å². The molecule has 0 saturated heterocycles. The lowest BCUT2D eigenvalue weighted by atomic mass is 10.2. The summed E-state index contributed by atoms with van der Waals surface area (Å²) in [6, 6.07) is 14.4. The Balaban J connectivity index is 1.67. The molecule has 0 amide bonds. The number of thiazole rings is 1. The average molecular weight is 611 g/mol. The van der Waals surface area contributed by atoms with Crippen molar-refractivity contribution in [3.8, 4) is 0 Å². The first kappa shape index (κ1) is 31.1. The normalized spacial score (nSPS) is 13.6. The van der Waals surface area contributed by atoms with Crippen molar-refractivity contribution in [1.29, 1.82) is 0 Å². The topological polar surface area (TPSA) is 197 Å². The molecule has 40 heavy (non-hydrogen) atoms. The molecular formula is C23H26N5O9P2S+. The zero-order valence-electron chi connectivity index (χ0n) is 21.4. The molecule has 3 atom stereocenters. The fraction of sp³-hybridized carbons (Fsp3) is 0.348. The van der Waals surface area contributed by atoms with Crippen molar-refractivity contribution in [3.63, 3.8) is 0 Å². The number of azo groups is 1. The van der Waals surface area contributed by atoms with Crippen LogP contribution < -0.4 is 4.90 Å². The maximum Gasteiger partial charge on any atom is 0.541 e. The summed E-state index contributed by atoms with van der Waals surface area (Å²) in [6.45, 7) is 2.17. The van der Waals surface area contributed by atoms with Crippen LogP contribution in [-0.2, 0) is 28.2 Å². The highest BCUT2D eigenvalue weighted by atomic mass is 32.1. The molecule has 3 aromatic rings. The molecule has 0 aliphatic rings. The SMILES string of the molecule is CC(C(=O)OCCN(CCOC(=O)C(C)P(=O)(O)O)c1ccc(N=Nc2nc3ccccc3s2)cc1)[P+](=O)N=O. The van der Waals surface area contributed by atoms with Gasteiger partial charge in [-0.05, 0) is 54.8 Å². The molecule has 3 rings (SSSR count). The van der Waals surface area contributed by atoms with Gasteiger partial charge in [-0.15, -0.1) is 10.2 Å². The highest BCUT2D eigenvalue weighted by molar-refractivity contribution is 7.53. The number of esters is 2. The molecule has 0 bridgehead atoms. The molecule has 3 unspecified atom stereocenters. The van der Waals surface area contributed by atoms with Gasteiger partial charge in [-0.2, -0.15) is 0 Å². The molecule has 0 radical (unpaired) electrons. The lowest BCUT2D eigenvalue weighted by Gasteiger charge is -2.25. The zero-order valence-corrected chi connectivity index (χ0v) is 24.0. The Hall–Kier alpha value is -3.48. The predicted molar refractivity (Wildman–Crippen MR) is 149 cm³/mol. The summed E-state index contributed by atoms with van der Waals surface area (Å²) in [5.41, 5.74) is -0.821. The van der Waals surface area contributed by atoms with E-state index >= 15 is 0 Å². The number of para-hydroxylation sites is 1. The molecule has 0 fully saturated rings. The van der Waals surface area contributed by atoms with Crippen molar-refractivity contribution in [1.82, 2.24) is 4.98 Å². The lowest BCUT2D eigenvalue weighted by Crippen LogP contribution is -2.33. The number of nitroso groups, excluding NO2 is 1. The van der Waals surface area contributed by atoms with Gasteiger partial charge in [0, 0.05) is 5.69 Å². The highest BCUT2D eigenvalue weighted by Crippen LogP contribution is 2.41. The van der Waals surface area contributed by atoms with Gasteiger partial charge in [0.05, 0.1) is 29.0 Å². The van der Waals surface area contributed by atoms with Crippen LogP contribution >= 0.6 is 26.9 Å². The van der Waals surface area contributed by atoms with Crippen LogP contribution in [0.3, 0.4) is 0 Å². The standard InChI is InChI=1S/C23H25N5O9P2S/c1-15(38(32)27-31)21(29)36-13-11-28(12-14-37-22(30)16(2)39(33,34)35)18-9-7-17(8-10-18)25-26-23-24-19-5-3-4-6-20(19)40-23/h3-10,15-16H,11-14H2,1-2H3,(H-,33,34,35)/p+1. The second-order valence-corrected chi connectivity index (χ2v) is 12.8. The minimum absolute atomic E-state index is 0.0868. The lowest BCUT2D eigenvalue weighted by molar-refractivity contribution is -0.143. The van der Waals surface area contributed by atoms with Crippen LogP contribution in [0.25, 0.3) is 10.2 Å². The van der Waals surface area contributed by atoms with E-state index < -0.39 is 38.8 Å². The minimum atomic E-state index is -4.65. The number of rotatable bonds is 14. The Bertz CT molecular complexity index is 1410. The van der Waals surface area contributed by atoms with Gasteiger partial charge in [0.2, 0.25) is 10.1 Å². The Kier molecular flexibility index (Phi) is 11.1. The molecule has 14 nitrogen and oxygen atoms in total. The van der Waals surface area contributed by atoms with Gasteiger partial charge in [0.15, 0.2) is 5.66 Å². The maximum absolute atomic E-state index is 12.0. The second kappa shape index (κ2) is 14.2. The quantitative estimate of drug-likeness (QED) is 0.107. The summed E-state index contributed by atoms with van der Waals surface area (Å²) in [6.07, 6.45) is 0. The van der Waals surface area contributed by atoms with Crippen LogP contribution in [0.5, 0.6) is 0 Å². The summed E-state index contributed by atoms with van der Waals surface area (Å²) in [5, 5.41) is 8.90. The van der Waals surface area contributed by atoms with Gasteiger partial charge in [-0.3, -0.25) is 9.36 Å². The number of hydrogen-bond donors (Lipinski definition) is 2. The summed E-state index contributed by atoms with van der Waals surface area (Å²) < 4.78 is 33.9. The second-order valence-electron chi connectivity index (χ2n) is 8.33. The molecular weight excluding hydrogens is 584 g/mol. The van der Waals surface area contributed by atoms with E-state index in [2.05, 4.69) is 20.2 Å². The number of hydrogen-bond acceptors (Lipinski definition) is 12. The van der Waals surface area contributed by atoms with Crippen LogP contribution in [0.2, 0.25) is 0 Å². The molecule has 0 saturated carbocycles. The summed E-state index contributed by atoms with van der Waals surface area (Å²) in [4.78, 5) is 61.3. The van der Waals surface area contributed by atoms with Gasteiger partial charge in [0.25, 0.3) is 5.66 Å². The zero-order chi connectivity index (χ0) is 29.3. The largest absolute Gasteiger partial charge is 0.541 e. The summed E-state index contributed by atoms with van der Waals surface area (Å²) in [5.74, 6) is -1.91. The van der Waals surface area contributed by atoms with E-state index in [0.717, 1.165) is 17.1 Å². The summed E-state index contributed by atoms with van der Waals surface area (Å²) in [7, 11) is -7.28. The van der Waals surface area contributed by atoms with Crippen molar-refractivity contribution >= 4 is 65.5 Å². The van der Waals surface area contributed by atoms with Gasteiger partial charge >= 0.3 is 27.5 Å². The molecule has 0 aliphatic carbocycles. The third-order valence-electron chi connectivity index (χ3n) is 5.56.